The first-order valence-corrected chi connectivity index (χ1v) is 6.89. The Morgan fingerprint density at radius 1 is 0.950 bits per heavy atom. The average Bonchev–Trinajstić information content (AvgIpc) is 2.48. The molecule has 0 aliphatic rings. The molecular formula is C17H20FNO. The highest BCUT2D eigenvalue weighted by Gasteiger charge is 1.99. The number of nitrogens with one attached hydrogen (secondary N) is 1. The van der Waals surface area contributed by atoms with Crippen LogP contribution >= 0.6 is 0 Å². The van der Waals surface area contributed by atoms with Gasteiger partial charge in [0, 0.05) is 0 Å². The lowest BCUT2D eigenvalue weighted by Crippen LogP contribution is -2.11. The fourth-order valence-corrected chi connectivity index (χ4v) is 1.98. The molecule has 2 aromatic rings. The minimum absolute atomic E-state index is 0.195. The predicted molar refractivity (Wildman–Crippen MR) is 79.7 cm³/mol. The first kappa shape index (κ1) is 14.5. The van der Waals surface area contributed by atoms with E-state index < -0.39 is 0 Å². The van der Waals surface area contributed by atoms with Crippen molar-refractivity contribution in [2.45, 2.75) is 12.8 Å². The molecule has 0 saturated heterocycles. The topological polar surface area (TPSA) is 21.3 Å². The maximum atomic E-state index is 12.8. The summed E-state index contributed by atoms with van der Waals surface area (Å²) >= 11 is 0. The molecule has 2 nitrogen and oxygen atoms in total. The van der Waals surface area contributed by atoms with E-state index in [1.54, 1.807) is 0 Å². The molecule has 2 aromatic carbocycles. The standard InChI is InChI=1S/C17H20FNO/c1-19-11-2-12-20-17-9-5-15(6-10-17)13-14-3-7-16(18)8-4-14/h3-10,19H,2,11-13H2,1H3. The number of ether oxygens (including phenoxy) is 1. The summed E-state index contributed by atoms with van der Waals surface area (Å²) in [6.07, 6.45) is 1.80. The number of rotatable bonds is 7. The maximum Gasteiger partial charge on any atom is 0.123 e. The van der Waals surface area contributed by atoms with E-state index in [4.69, 9.17) is 4.74 Å². The van der Waals surface area contributed by atoms with Gasteiger partial charge in [-0.15, -0.1) is 0 Å². The van der Waals surface area contributed by atoms with Gasteiger partial charge in [0.15, 0.2) is 0 Å². The van der Waals surface area contributed by atoms with E-state index in [1.807, 2.05) is 31.3 Å². The van der Waals surface area contributed by atoms with E-state index in [9.17, 15) is 4.39 Å². The molecule has 0 atom stereocenters. The van der Waals surface area contributed by atoms with Gasteiger partial charge in [0.2, 0.25) is 0 Å². The van der Waals surface area contributed by atoms with Gasteiger partial charge in [0.05, 0.1) is 6.61 Å². The van der Waals surface area contributed by atoms with E-state index in [2.05, 4.69) is 17.4 Å². The van der Waals surface area contributed by atoms with E-state index in [0.29, 0.717) is 0 Å². The van der Waals surface area contributed by atoms with Crippen molar-refractivity contribution in [3.05, 3.63) is 65.5 Å². The molecule has 0 aromatic heterocycles. The van der Waals surface area contributed by atoms with E-state index in [-0.39, 0.29) is 5.82 Å². The highest BCUT2D eigenvalue weighted by molar-refractivity contribution is 5.31. The summed E-state index contributed by atoms with van der Waals surface area (Å²) in [5.74, 6) is 0.697. The average molecular weight is 273 g/mol. The molecule has 1 N–H and O–H groups in total. The van der Waals surface area contributed by atoms with Crippen molar-refractivity contribution < 1.29 is 9.13 Å². The zero-order valence-electron chi connectivity index (χ0n) is 11.7. The van der Waals surface area contributed by atoms with E-state index in [0.717, 1.165) is 37.3 Å². The second kappa shape index (κ2) is 7.65. The minimum atomic E-state index is -0.195. The summed E-state index contributed by atoms with van der Waals surface area (Å²) in [4.78, 5) is 0. The molecule has 0 radical (unpaired) electrons. The number of halogens is 1. The molecule has 0 bridgehead atoms. The summed E-state index contributed by atoms with van der Waals surface area (Å²) in [5.41, 5.74) is 2.30. The fourth-order valence-electron chi connectivity index (χ4n) is 1.98. The molecule has 106 valence electrons. The van der Waals surface area contributed by atoms with Crippen LogP contribution in [0.25, 0.3) is 0 Å². The van der Waals surface area contributed by atoms with Gasteiger partial charge in [0.1, 0.15) is 11.6 Å². The van der Waals surface area contributed by atoms with Crippen LogP contribution < -0.4 is 10.1 Å². The lowest BCUT2D eigenvalue weighted by atomic mass is 10.1. The number of benzene rings is 2. The molecule has 0 spiro atoms. The Balaban J connectivity index is 1.86. The SMILES string of the molecule is CNCCCOc1ccc(Cc2ccc(F)cc2)cc1. The number of hydrogen-bond acceptors (Lipinski definition) is 2. The van der Waals surface area contributed by atoms with Gasteiger partial charge in [-0.25, -0.2) is 4.39 Å². The molecule has 0 fully saturated rings. The third kappa shape index (κ3) is 4.67. The third-order valence-corrected chi connectivity index (χ3v) is 3.08. The summed E-state index contributed by atoms with van der Waals surface area (Å²) in [7, 11) is 1.93. The summed E-state index contributed by atoms with van der Waals surface area (Å²) in [5, 5.41) is 3.09. The second-order valence-corrected chi connectivity index (χ2v) is 4.75. The van der Waals surface area contributed by atoms with Crippen molar-refractivity contribution in [2.24, 2.45) is 0 Å². The highest BCUT2D eigenvalue weighted by Crippen LogP contribution is 2.15. The zero-order valence-corrected chi connectivity index (χ0v) is 11.7. The van der Waals surface area contributed by atoms with Crippen LogP contribution in [0.1, 0.15) is 17.5 Å². The number of hydrogen-bond donors (Lipinski definition) is 1. The lowest BCUT2D eigenvalue weighted by Gasteiger charge is -2.07. The third-order valence-electron chi connectivity index (χ3n) is 3.08. The van der Waals surface area contributed by atoms with Gasteiger partial charge in [-0.2, -0.15) is 0 Å². The Hall–Kier alpha value is -1.87. The minimum Gasteiger partial charge on any atom is -0.494 e. The quantitative estimate of drug-likeness (QED) is 0.781. The largest absolute Gasteiger partial charge is 0.494 e. The summed E-state index contributed by atoms with van der Waals surface area (Å²) < 4.78 is 18.5. The smallest absolute Gasteiger partial charge is 0.123 e. The fraction of sp³-hybridized carbons (Fsp3) is 0.294. The van der Waals surface area contributed by atoms with Crippen LogP contribution in [0.15, 0.2) is 48.5 Å². The molecule has 0 aliphatic carbocycles. The summed E-state index contributed by atoms with van der Waals surface area (Å²) in [6, 6.07) is 14.7. The molecule has 0 unspecified atom stereocenters. The van der Waals surface area contributed by atoms with Crippen molar-refractivity contribution in [1.82, 2.24) is 5.32 Å². The molecule has 20 heavy (non-hydrogen) atoms. The molecule has 0 aliphatic heterocycles. The van der Waals surface area contributed by atoms with Crippen LogP contribution in [0, 0.1) is 5.82 Å². The van der Waals surface area contributed by atoms with Crippen molar-refractivity contribution >= 4 is 0 Å². The van der Waals surface area contributed by atoms with Crippen molar-refractivity contribution in [1.29, 1.82) is 0 Å². The van der Waals surface area contributed by atoms with Crippen LogP contribution in [0.5, 0.6) is 5.75 Å². The van der Waals surface area contributed by atoms with E-state index in [1.165, 1.54) is 17.7 Å². The van der Waals surface area contributed by atoms with Crippen LogP contribution in [-0.4, -0.2) is 20.2 Å². The molecule has 0 saturated carbocycles. The van der Waals surface area contributed by atoms with Gasteiger partial charge in [-0.3, -0.25) is 0 Å². The molecular weight excluding hydrogens is 253 g/mol. The van der Waals surface area contributed by atoms with Gasteiger partial charge in [-0.05, 0) is 61.8 Å². The second-order valence-electron chi connectivity index (χ2n) is 4.75. The van der Waals surface area contributed by atoms with Crippen molar-refractivity contribution in [3.8, 4) is 5.75 Å². The van der Waals surface area contributed by atoms with E-state index >= 15 is 0 Å². The monoisotopic (exact) mass is 273 g/mol. The summed E-state index contributed by atoms with van der Waals surface area (Å²) in [6.45, 7) is 1.68. The van der Waals surface area contributed by atoms with Gasteiger partial charge < -0.3 is 10.1 Å². The van der Waals surface area contributed by atoms with Crippen LogP contribution in [0.3, 0.4) is 0 Å². The maximum absolute atomic E-state index is 12.8. The van der Waals surface area contributed by atoms with Gasteiger partial charge >= 0.3 is 0 Å². The normalized spacial score (nSPS) is 10.5. The lowest BCUT2D eigenvalue weighted by molar-refractivity contribution is 0.310. The Bertz CT molecular complexity index is 508. The van der Waals surface area contributed by atoms with Crippen molar-refractivity contribution in [2.75, 3.05) is 20.2 Å². The van der Waals surface area contributed by atoms with Gasteiger partial charge in [-0.1, -0.05) is 24.3 Å². The first-order chi connectivity index (χ1) is 9.78. The molecule has 2 rings (SSSR count). The first-order valence-electron chi connectivity index (χ1n) is 6.89. The Morgan fingerprint density at radius 3 is 2.15 bits per heavy atom. The Labute approximate surface area is 119 Å². The molecule has 3 heteroatoms. The van der Waals surface area contributed by atoms with Crippen LogP contribution in [-0.2, 0) is 6.42 Å². The molecule has 0 amide bonds. The highest BCUT2D eigenvalue weighted by atomic mass is 19.1. The van der Waals surface area contributed by atoms with Crippen LogP contribution in [0.4, 0.5) is 4.39 Å². The zero-order chi connectivity index (χ0) is 14.2. The molecule has 0 heterocycles. The predicted octanol–water partition coefficient (Wildman–Crippen LogP) is 3.40. The van der Waals surface area contributed by atoms with Gasteiger partial charge in [0.25, 0.3) is 0 Å². The Morgan fingerprint density at radius 2 is 1.55 bits per heavy atom. The van der Waals surface area contributed by atoms with Crippen LogP contribution in [0.2, 0.25) is 0 Å². The Kier molecular flexibility index (Phi) is 5.56. The van der Waals surface area contributed by atoms with Crippen molar-refractivity contribution in [3.63, 3.8) is 0 Å².